The number of hydrogen-bond acceptors (Lipinski definition) is 4. The Kier molecular flexibility index (Phi) is 4.05. The third kappa shape index (κ3) is 2.79. The number of carbonyl (C=O) groups excluding carboxylic acids is 1. The zero-order valence-electron chi connectivity index (χ0n) is 12.2. The number of hydrazone groups is 1. The molecule has 0 spiro atoms. The Morgan fingerprint density at radius 3 is 2.64 bits per heavy atom. The molecule has 2 aromatic carbocycles. The minimum atomic E-state index is -0.205. The van der Waals surface area contributed by atoms with E-state index in [4.69, 9.17) is 9.47 Å². The molecule has 0 atom stereocenters. The molecule has 2 aromatic rings. The van der Waals surface area contributed by atoms with Gasteiger partial charge in [0.05, 0.1) is 17.9 Å². The van der Waals surface area contributed by atoms with E-state index in [9.17, 15) is 4.79 Å². The van der Waals surface area contributed by atoms with E-state index in [0.29, 0.717) is 23.9 Å². The number of rotatable bonds is 4. The molecule has 3 rings (SSSR count). The summed E-state index contributed by atoms with van der Waals surface area (Å²) in [5.74, 6) is 0.863. The molecule has 0 saturated carbocycles. The molecule has 0 unspecified atom stereocenters. The van der Waals surface area contributed by atoms with Crippen LogP contribution in [0.2, 0.25) is 0 Å². The molecule has 0 saturated heterocycles. The number of carbonyl (C=O) groups is 1. The first-order valence-electron chi connectivity index (χ1n) is 7.11. The van der Waals surface area contributed by atoms with Crippen molar-refractivity contribution in [2.75, 3.05) is 18.2 Å². The number of hydrogen-bond donors (Lipinski definition) is 0. The van der Waals surface area contributed by atoms with Crippen molar-refractivity contribution in [3.05, 3.63) is 60.2 Å². The Hall–Kier alpha value is -2.82. The molecule has 0 aromatic heterocycles. The number of anilines is 1. The number of ether oxygens (including phenoxy) is 2. The molecule has 112 valence electrons. The van der Waals surface area contributed by atoms with Crippen LogP contribution in [-0.4, -0.2) is 25.0 Å². The highest BCUT2D eigenvalue weighted by Crippen LogP contribution is 2.23. The van der Waals surface area contributed by atoms with E-state index >= 15 is 0 Å². The number of para-hydroxylation sites is 2. The maximum Gasteiger partial charge on any atom is 0.285 e. The Bertz CT molecular complexity index is 698. The van der Waals surface area contributed by atoms with E-state index in [1.807, 2.05) is 61.5 Å². The van der Waals surface area contributed by atoms with Gasteiger partial charge in [-0.15, -0.1) is 5.10 Å². The first-order chi connectivity index (χ1) is 10.8. The van der Waals surface area contributed by atoms with Crippen LogP contribution in [0.25, 0.3) is 0 Å². The molecular weight excluding hydrogens is 280 g/mol. The summed E-state index contributed by atoms with van der Waals surface area (Å²) < 4.78 is 11.1. The van der Waals surface area contributed by atoms with Crippen molar-refractivity contribution in [3.63, 3.8) is 0 Å². The molecule has 5 nitrogen and oxygen atoms in total. The summed E-state index contributed by atoms with van der Waals surface area (Å²) in [4.78, 5) is 12.0. The molecule has 22 heavy (non-hydrogen) atoms. The number of nitrogens with zero attached hydrogens (tertiary/aromatic N) is 2. The van der Waals surface area contributed by atoms with Crippen LogP contribution < -0.4 is 9.75 Å². The molecule has 0 aliphatic carbocycles. The fourth-order valence-electron chi connectivity index (χ4n) is 2.19. The largest absolute Gasteiger partial charge is 0.493 e. The predicted octanol–water partition coefficient (Wildman–Crippen LogP) is 2.81. The first-order valence-corrected chi connectivity index (χ1v) is 7.11. The molecular formula is C17H16N2O3. The summed E-state index contributed by atoms with van der Waals surface area (Å²) in [6, 6.07) is 16.8. The van der Waals surface area contributed by atoms with Gasteiger partial charge in [0.25, 0.3) is 5.91 Å². The van der Waals surface area contributed by atoms with E-state index in [1.165, 1.54) is 5.01 Å². The highest BCUT2D eigenvalue weighted by Gasteiger charge is 2.25. The first kappa shape index (κ1) is 14.1. The summed E-state index contributed by atoms with van der Waals surface area (Å²) >= 11 is 0. The lowest BCUT2D eigenvalue weighted by atomic mass is 10.2. The van der Waals surface area contributed by atoms with E-state index in [2.05, 4.69) is 5.10 Å². The lowest BCUT2D eigenvalue weighted by Crippen LogP contribution is -2.36. The molecule has 0 fully saturated rings. The van der Waals surface area contributed by atoms with Gasteiger partial charge in [-0.1, -0.05) is 30.3 Å². The van der Waals surface area contributed by atoms with Crippen molar-refractivity contribution in [1.82, 2.24) is 0 Å². The molecule has 1 aliphatic rings. The summed E-state index contributed by atoms with van der Waals surface area (Å²) in [6.45, 7) is 2.42. The van der Waals surface area contributed by atoms with Gasteiger partial charge in [-0.3, -0.25) is 4.79 Å². The fourth-order valence-corrected chi connectivity index (χ4v) is 2.19. The van der Waals surface area contributed by atoms with Crippen molar-refractivity contribution in [3.8, 4) is 5.75 Å². The van der Waals surface area contributed by atoms with E-state index in [1.54, 1.807) is 0 Å². The topological polar surface area (TPSA) is 51.1 Å². The lowest BCUT2D eigenvalue weighted by Gasteiger charge is -2.24. The monoisotopic (exact) mass is 296 g/mol. The Balaban J connectivity index is 1.99. The Morgan fingerprint density at radius 1 is 1.14 bits per heavy atom. The minimum Gasteiger partial charge on any atom is -0.493 e. The van der Waals surface area contributed by atoms with Crippen molar-refractivity contribution >= 4 is 17.5 Å². The zero-order chi connectivity index (χ0) is 15.4. The minimum absolute atomic E-state index is 0.0474. The van der Waals surface area contributed by atoms with Crippen LogP contribution in [0.1, 0.15) is 12.5 Å². The standard InChI is InChI=1S/C17H16N2O3/c1-2-21-15-11-7-6-10-14(15)17-18-19(16(20)12-22-17)13-8-4-3-5-9-13/h3-11H,2,12H2,1H3. The summed E-state index contributed by atoms with van der Waals surface area (Å²) in [5, 5.41) is 5.71. The highest BCUT2D eigenvalue weighted by molar-refractivity contribution is 6.05. The van der Waals surface area contributed by atoms with Gasteiger partial charge in [0.15, 0.2) is 6.61 Å². The van der Waals surface area contributed by atoms with E-state index in [-0.39, 0.29) is 12.5 Å². The van der Waals surface area contributed by atoms with Gasteiger partial charge in [-0.25, -0.2) is 0 Å². The van der Waals surface area contributed by atoms with Crippen molar-refractivity contribution in [2.24, 2.45) is 5.10 Å². The maximum atomic E-state index is 12.0. The van der Waals surface area contributed by atoms with E-state index < -0.39 is 0 Å². The van der Waals surface area contributed by atoms with Crippen molar-refractivity contribution < 1.29 is 14.3 Å². The average molecular weight is 296 g/mol. The molecule has 0 radical (unpaired) electrons. The van der Waals surface area contributed by atoms with Crippen molar-refractivity contribution in [2.45, 2.75) is 6.92 Å². The van der Waals surface area contributed by atoms with Crippen LogP contribution in [0.15, 0.2) is 59.7 Å². The third-order valence-corrected chi connectivity index (χ3v) is 3.18. The summed E-state index contributed by atoms with van der Waals surface area (Å²) in [7, 11) is 0. The van der Waals surface area contributed by atoms with Crippen LogP contribution in [0.3, 0.4) is 0 Å². The van der Waals surface area contributed by atoms with Crippen LogP contribution >= 0.6 is 0 Å². The second kappa shape index (κ2) is 6.30. The predicted molar refractivity (Wildman–Crippen MR) is 84.0 cm³/mol. The maximum absolute atomic E-state index is 12.0. The second-order valence-electron chi connectivity index (χ2n) is 4.66. The molecule has 1 heterocycles. The Labute approximate surface area is 128 Å². The smallest absolute Gasteiger partial charge is 0.285 e. The van der Waals surface area contributed by atoms with Crippen LogP contribution in [0.4, 0.5) is 5.69 Å². The molecule has 5 heteroatoms. The molecule has 1 amide bonds. The number of amides is 1. The van der Waals surface area contributed by atoms with Gasteiger partial charge in [0.1, 0.15) is 5.75 Å². The van der Waals surface area contributed by atoms with Crippen molar-refractivity contribution in [1.29, 1.82) is 0 Å². The second-order valence-corrected chi connectivity index (χ2v) is 4.66. The average Bonchev–Trinajstić information content (AvgIpc) is 2.57. The molecule has 0 N–H and O–H groups in total. The summed E-state index contributed by atoms with van der Waals surface area (Å²) in [5.41, 5.74) is 1.44. The third-order valence-electron chi connectivity index (χ3n) is 3.18. The molecule has 1 aliphatic heterocycles. The van der Waals surface area contributed by atoms with Gasteiger partial charge in [-0.2, -0.15) is 5.01 Å². The Morgan fingerprint density at radius 2 is 1.86 bits per heavy atom. The highest BCUT2D eigenvalue weighted by atomic mass is 16.5. The van der Waals surface area contributed by atoms with E-state index in [0.717, 1.165) is 5.56 Å². The fraction of sp³-hybridized carbons (Fsp3) is 0.176. The van der Waals surface area contributed by atoms with Gasteiger partial charge < -0.3 is 9.47 Å². The van der Waals surface area contributed by atoms with Crippen LogP contribution in [0.5, 0.6) is 5.75 Å². The van der Waals surface area contributed by atoms with Crippen LogP contribution in [0, 0.1) is 0 Å². The molecule has 0 bridgehead atoms. The normalized spacial score (nSPS) is 14.3. The SMILES string of the molecule is CCOc1ccccc1C1=NN(c2ccccc2)C(=O)CO1. The number of benzene rings is 2. The van der Waals surface area contributed by atoms with Gasteiger partial charge in [-0.05, 0) is 31.2 Å². The lowest BCUT2D eigenvalue weighted by molar-refractivity contribution is -0.121. The zero-order valence-corrected chi connectivity index (χ0v) is 12.2. The quantitative estimate of drug-likeness (QED) is 0.871. The summed E-state index contributed by atoms with van der Waals surface area (Å²) in [6.07, 6.45) is 0. The van der Waals surface area contributed by atoms with Crippen LogP contribution in [-0.2, 0) is 9.53 Å². The van der Waals surface area contributed by atoms with Gasteiger partial charge >= 0.3 is 0 Å². The van der Waals surface area contributed by atoms with Gasteiger partial charge in [0, 0.05) is 0 Å². The van der Waals surface area contributed by atoms with Gasteiger partial charge in [0.2, 0.25) is 5.90 Å².